The first-order valence-corrected chi connectivity index (χ1v) is 10.7. The first-order valence-electron chi connectivity index (χ1n) is 9.92. The molecule has 0 fully saturated rings. The lowest BCUT2D eigenvalue weighted by Crippen LogP contribution is -2.39. The molecular formula is C23H22N2O6S. The van der Waals surface area contributed by atoms with E-state index < -0.39 is 12.0 Å². The highest BCUT2D eigenvalue weighted by Gasteiger charge is 2.33. The van der Waals surface area contributed by atoms with Gasteiger partial charge in [0.2, 0.25) is 0 Å². The third-order valence-electron chi connectivity index (χ3n) is 5.08. The topological polar surface area (TPSA) is 92.3 Å². The molecule has 0 bridgehead atoms. The first kappa shape index (κ1) is 21.6. The SMILES string of the molecule is CCOC(=O)C1=C(C)N=c2s/c(=C/c3ccoc3)c(=O)n2[C@@H]1c1ccc(OC)c(OC)c1. The van der Waals surface area contributed by atoms with Gasteiger partial charge in [-0.05, 0) is 43.7 Å². The fraction of sp³-hybridized carbons (Fsp3) is 0.261. The lowest BCUT2D eigenvalue weighted by atomic mass is 9.95. The molecule has 1 atom stereocenters. The third-order valence-corrected chi connectivity index (χ3v) is 6.06. The number of benzene rings is 1. The Morgan fingerprint density at radius 2 is 2.03 bits per heavy atom. The van der Waals surface area contributed by atoms with Gasteiger partial charge in [-0.1, -0.05) is 17.4 Å². The maximum atomic E-state index is 13.5. The molecule has 0 N–H and O–H groups in total. The maximum absolute atomic E-state index is 13.5. The number of nitrogens with zero attached hydrogens (tertiary/aromatic N) is 2. The molecule has 9 heteroatoms. The van der Waals surface area contributed by atoms with E-state index in [-0.39, 0.29) is 12.2 Å². The van der Waals surface area contributed by atoms with Gasteiger partial charge >= 0.3 is 5.97 Å². The highest BCUT2D eigenvalue weighted by molar-refractivity contribution is 7.07. The van der Waals surface area contributed by atoms with Gasteiger partial charge in [0, 0.05) is 5.56 Å². The Kier molecular flexibility index (Phi) is 6.00. The quantitative estimate of drug-likeness (QED) is 0.531. The molecule has 1 aliphatic rings. The molecule has 0 saturated heterocycles. The van der Waals surface area contributed by atoms with Crippen LogP contribution >= 0.6 is 11.3 Å². The average molecular weight is 455 g/mol. The number of aromatic nitrogens is 1. The van der Waals surface area contributed by atoms with Gasteiger partial charge in [-0.15, -0.1) is 0 Å². The van der Waals surface area contributed by atoms with Gasteiger partial charge in [0.1, 0.15) is 0 Å². The van der Waals surface area contributed by atoms with Crippen LogP contribution in [-0.4, -0.2) is 31.4 Å². The van der Waals surface area contributed by atoms with Gasteiger partial charge in [0.25, 0.3) is 5.56 Å². The number of hydrogen-bond donors (Lipinski definition) is 0. The van der Waals surface area contributed by atoms with Crippen LogP contribution in [0, 0.1) is 0 Å². The summed E-state index contributed by atoms with van der Waals surface area (Å²) in [4.78, 5) is 31.4. The zero-order valence-corrected chi connectivity index (χ0v) is 18.9. The van der Waals surface area contributed by atoms with Gasteiger partial charge in [0.15, 0.2) is 16.3 Å². The Labute approximate surface area is 187 Å². The van der Waals surface area contributed by atoms with Crippen LogP contribution in [0.15, 0.2) is 62.3 Å². The number of carbonyl (C=O) groups is 1. The van der Waals surface area contributed by atoms with Gasteiger partial charge in [-0.25, -0.2) is 9.79 Å². The number of thiazole rings is 1. The summed E-state index contributed by atoms with van der Waals surface area (Å²) < 4.78 is 23.2. The molecular weight excluding hydrogens is 432 g/mol. The van der Waals surface area contributed by atoms with Gasteiger partial charge in [0.05, 0.1) is 55.2 Å². The summed E-state index contributed by atoms with van der Waals surface area (Å²) in [6.07, 6.45) is 4.83. The summed E-state index contributed by atoms with van der Waals surface area (Å²) in [5, 5.41) is 0. The molecule has 0 aliphatic carbocycles. The Balaban J connectivity index is 1.98. The van der Waals surface area contributed by atoms with Crippen molar-refractivity contribution in [3.8, 4) is 11.5 Å². The van der Waals surface area contributed by atoms with Crippen LogP contribution in [0.1, 0.15) is 31.0 Å². The van der Waals surface area contributed by atoms with Crippen molar-refractivity contribution in [3.63, 3.8) is 0 Å². The molecule has 4 rings (SSSR count). The van der Waals surface area contributed by atoms with Crippen molar-refractivity contribution in [3.05, 3.63) is 78.9 Å². The van der Waals surface area contributed by atoms with Crippen molar-refractivity contribution >= 4 is 23.4 Å². The average Bonchev–Trinajstić information content (AvgIpc) is 3.40. The van der Waals surface area contributed by atoms with Crippen LogP contribution in [0.4, 0.5) is 0 Å². The van der Waals surface area contributed by atoms with Crippen molar-refractivity contribution < 1.29 is 23.4 Å². The summed E-state index contributed by atoms with van der Waals surface area (Å²) in [5.74, 6) is 0.517. The number of carbonyl (C=O) groups excluding carboxylic acids is 1. The van der Waals surface area contributed by atoms with Gasteiger partial charge < -0.3 is 18.6 Å². The van der Waals surface area contributed by atoms with Crippen molar-refractivity contribution in [2.24, 2.45) is 4.99 Å². The second-order valence-electron chi connectivity index (χ2n) is 6.97. The molecule has 0 radical (unpaired) electrons. The molecule has 8 nitrogen and oxygen atoms in total. The number of fused-ring (bicyclic) bond motifs is 1. The zero-order valence-electron chi connectivity index (χ0n) is 18.1. The minimum Gasteiger partial charge on any atom is -0.493 e. The number of esters is 1. The van der Waals surface area contributed by atoms with E-state index in [9.17, 15) is 9.59 Å². The maximum Gasteiger partial charge on any atom is 0.338 e. The second kappa shape index (κ2) is 8.88. The Bertz CT molecular complexity index is 1360. The smallest absolute Gasteiger partial charge is 0.338 e. The van der Waals surface area contributed by atoms with Gasteiger partial charge in [-0.2, -0.15) is 0 Å². The molecule has 0 amide bonds. The predicted octanol–water partition coefficient (Wildman–Crippen LogP) is 2.41. The van der Waals surface area contributed by atoms with Crippen LogP contribution < -0.4 is 24.4 Å². The van der Waals surface area contributed by atoms with Crippen molar-refractivity contribution in [1.29, 1.82) is 0 Å². The predicted molar refractivity (Wildman–Crippen MR) is 119 cm³/mol. The molecule has 1 aromatic carbocycles. The molecule has 32 heavy (non-hydrogen) atoms. The lowest BCUT2D eigenvalue weighted by molar-refractivity contribution is -0.139. The summed E-state index contributed by atoms with van der Waals surface area (Å²) in [5.41, 5.74) is 1.99. The molecule has 3 aromatic rings. The molecule has 0 saturated carbocycles. The number of hydrogen-bond acceptors (Lipinski definition) is 8. The minimum atomic E-state index is -0.725. The first-order chi connectivity index (χ1) is 15.5. The van der Waals surface area contributed by atoms with E-state index in [4.69, 9.17) is 18.6 Å². The van der Waals surface area contributed by atoms with E-state index >= 15 is 0 Å². The van der Waals surface area contributed by atoms with Crippen molar-refractivity contribution in [2.75, 3.05) is 20.8 Å². The van der Waals surface area contributed by atoms with E-state index in [2.05, 4.69) is 4.99 Å². The van der Waals surface area contributed by atoms with E-state index in [0.29, 0.717) is 37.7 Å². The standard InChI is InChI=1S/C23H22N2O6S/c1-5-31-22(27)19-13(2)24-23-25(21(26)18(32-23)10-14-8-9-30-12-14)20(19)15-6-7-16(28-3)17(11-15)29-4/h6-12,20H,5H2,1-4H3/b18-10+/t20-/m1/s1. The number of rotatable bonds is 6. The Hall–Kier alpha value is -3.59. The molecule has 0 unspecified atom stereocenters. The highest BCUT2D eigenvalue weighted by Crippen LogP contribution is 2.36. The summed E-state index contributed by atoms with van der Waals surface area (Å²) in [6, 6.07) is 6.34. The lowest BCUT2D eigenvalue weighted by Gasteiger charge is -2.25. The molecule has 0 spiro atoms. The number of allylic oxidation sites excluding steroid dienone is 1. The second-order valence-corrected chi connectivity index (χ2v) is 7.98. The number of furan rings is 1. The van der Waals surface area contributed by atoms with E-state index in [1.807, 2.05) is 0 Å². The minimum absolute atomic E-state index is 0.208. The third kappa shape index (κ3) is 3.75. The molecule has 166 valence electrons. The Morgan fingerprint density at radius 3 is 2.69 bits per heavy atom. The van der Waals surface area contributed by atoms with Crippen LogP contribution in [0.2, 0.25) is 0 Å². The summed E-state index contributed by atoms with van der Waals surface area (Å²) >= 11 is 1.25. The summed E-state index contributed by atoms with van der Waals surface area (Å²) in [7, 11) is 3.08. The van der Waals surface area contributed by atoms with Crippen LogP contribution in [0.25, 0.3) is 6.08 Å². The number of ether oxygens (including phenoxy) is 3. The van der Waals surface area contributed by atoms with Crippen LogP contribution in [0.5, 0.6) is 11.5 Å². The molecule has 2 aromatic heterocycles. The summed E-state index contributed by atoms with van der Waals surface area (Å²) in [6.45, 7) is 3.69. The fourth-order valence-corrected chi connectivity index (χ4v) is 4.68. The Morgan fingerprint density at radius 1 is 1.25 bits per heavy atom. The molecule has 1 aliphatic heterocycles. The normalized spacial score (nSPS) is 15.9. The van der Waals surface area contributed by atoms with E-state index in [1.165, 1.54) is 23.0 Å². The van der Waals surface area contributed by atoms with Gasteiger partial charge in [-0.3, -0.25) is 9.36 Å². The monoisotopic (exact) mass is 454 g/mol. The van der Waals surface area contributed by atoms with Crippen molar-refractivity contribution in [1.82, 2.24) is 4.57 Å². The molecule has 3 heterocycles. The highest BCUT2D eigenvalue weighted by atomic mass is 32.1. The van der Waals surface area contributed by atoms with Crippen LogP contribution in [0.3, 0.4) is 0 Å². The zero-order chi connectivity index (χ0) is 22.8. The van der Waals surface area contributed by atoms with E-state index in [0.717, 1.165) is 5.56 Å². The largest absolute Gasteiger partial charge is 0.493 e. The number of methoxy groups -OCH3 is 2. The van der Waals surface area contributed by atoms with Crippen LogP contribution in [-0.2, 0) is 9.53 Å². The fourth-order valence-electron chi connectivity index (χ4n) is 3.64. The van der Waals surface area contributed by atoms with Crippen molar-refractivity contribution in [2.45, 2.75) is 19.9 Å². The van der Waals surface area contributed by atoms with E-state index in [1.54, 1.807) is 63.8 Å².